The summed E-state index contributed by atoms with van der Waals surface area (Å²) in [5.41, 5.74) is 0.747. The zero-order valence-corrected chi connectivity index (χ0v) is 11.7. The number of hydrogen-bond acceptors (Lipinski definition) is 4. The topological polar surface area (TPSA) is 71.4 Å². The standard InChI is InChI=1S/C12H16O4S2/c1-18(15,16)8-7-17-9-11(12(13)14)10-5-3-2-4-6-10/h2-6,11H,7-9H2,1H3,(H,13,14). The van der Waals surface area contributed by atoms with Gasteiger partial charge in [-0.3, -0.25) is 4.79 Å². The van der Waals surface area contributed by atoms with Crippen molar-refractivity contribution >= 4 is 27.6 Å². The number of hydrogen-bond donors (Lipinski definition) is 1. The lowest BCUT2D eigenvalue weighted by atomic mass is 10.0. The molecule has 100 valence electrons. The fraction of sp³-hybridized carbons (Fsp3) is 0.417. The maximum atomic E-state index is 11.2. The monoisotopic (exact) mass is 288 g/mol. The van der Waals surface area contributed by atoms with Crippen LogP contribution in [-0.4, -0.2) is 43.0 Å². The molecule has 1 N–H and O–H groups in total. The van der Waals surface area contributed by atoms with Crippen LogP contribution in [0.1, 0.15) is 11.5 Å². The molecule has 0 radical (unpaired) electrons. The number of sulfone groups is 1. The first-order valence-electron chi connectivity index (χ1n) is 5.43. The van der Waals surface area contributed by atoms with Crippen LogP contribution in [0.2, 0.25) is 0 Å². The van der Waals surface area contributed by atoms with E-state index in [2.05, 4.69) is 0 Å². The third-order valence-electron chi connectivity index (χ3n) is 2.38. The Kier molecular flexibility index (Phi) is 5.68. The van der Waals surface area contributed by atoms with Crippen molar-refractivity contribution in [3.63, 3.8) is 0 Å². The molecular weight excluding hydrogens is 272 g/mol. The van der Waals surface area contributed by atoms with Crippen LogP contribution in [-0.2, 0) is 14.6 Å². The summed E-state index contributed by atoms with van der Waals surface area (Å²) in [6.07, 6.45) is 1.18. The van der Waals surface area contributed by atoms with Gasteiger partial charge in [0.05, 0.1) is 11.7 Å². The molecule has 0 heterocycles. The minimum absolute atomic E-state index is 0.0821. The maximum absolute atomic E-state index is 11.2. The molecule has 0 spiro atoms. The zero-order valence-electron chi connectivity index (χ0n) is 10.1. The van der Waals surface area contributed by atoms with Gasteiger partial charge in [-0.05, 0) is 5.56 Å². The normalized spacial score (nSPS) is 13.2. The van der Waals surface area contributed by atoms with Crippen molar-refractivity contribution in [1.82, 2.24) is 0 Å². The lowest BCUT2D eigenvalue weighted by molar-refractivity contribution is -0.138. The average molecular weight is 288 g/mol. The van der Waals surface area contributed by atoms with E-state index in [4.69, 9.17) is 5.11 Å². The molecule has 0 aliphatic carbocycles. The van der Waals surface area contributed by atoms with E-state index in [1.54, 1.807) is 24.3 Å². The second kappa shape index (κ2) is 6.80. The fourth-order valence-electron chi connectivity index (χ4n) is 1.41. The highest BCUT2D eigenvalue weighted by molar-refractivity contribution is 8.00. The predicted octanol–water partition coefficient (Wildman–Crippen LogP) is 1.63. The van der Waals surface area contributed by atoms with Crippen LogP contribution in [0.3, 0.4) is 0 Å². The van der Waals surface area contributed by atoms with Crippen LogP contribution < -0.4 is 0 Å². The van der Waals surface area contributed by atoms with Crippen molar-refractivity contribution in [2.45, 2.75) is 5.92 Å². The quantitative estimate of drug-likeness (QED) is 0.772. The first-order valence-corrected chi connectivity index (χ1v) is 8.65. The molecule has 0 fully saturated rings. The smallest absolute Gasteiger partial charge is 0.311 e. The number of benzene rings is 1. The molecule has 0 saturated carbocycles. The summed E-state index contributed by atoms with van der Waals surface area (Å²) < 4.78 is 21.9. The Morgan fingerprint density at radius 1 is 1.33 bits per heavy atom. The number of carboxylic acid groups (broad SMARTS) is 1. The number of rotatable bonds is 7. The van der Waals surface area contributed by atoms with Crippen molar-refractivity contribution in [1.29, 1.82) is 0 Å². The molecule has 1 atom stereocenters. The van der Waals surface area contributed by atoms with E-state index in [1.807, 2.05) is 6.07 Å². The van der Waals surface area contributed by atoms with Crippen LogP contribution >= 0.6 is 11.8 Å². The molecule has 0 aromatic heterocycles. The second-order valence-corrected chi connectivity index (χ2v) is 7.42. The summed E-state index contributed by atoms with van der Waals surface area (Å²) in [4.78, 5) is 11.2. The van der Waals surface area contributed by atoms with Gasteiger partial charge in [-0.2, -0.15) is 11.8 Å². The molecule has 0 aliphatic rings. The summed E-state index contributed by atoms with van der Waals surface area (Å²) in [7, 11) is -2.98. The Balaban J connectivity index is 2.53. The first kappa shape index (κ1) is 15.0. The highest BCUT2D eigenvalue weighted by Gasteiger charge is 2.19. The van der Waals surface area contributed by atoms with Crippen LogP contribution in [0.25, 0.3) is 0 Å². The SMILES string of the molecule is CS(=O)(=O)CCSCC(C(=O)O)c1ccccc1. The van der Waals surface area contributed by atoms with Crippen molar-refractivity contribution in [2.24, 2.45) is 0 Å². The van der Waals surface area contributed by atoms with Gasteiger partial charge in [-0.1, -0.05) is 30.3 Å². The Morgan fingerprint density at radius 2 is 1.94 bits per heavy atom. The van der Waals surface area contributed by atoms with E-state index in [0.717, 1.165) is 5.56 Å². The van der Waals surface area contributed by atoms with E-state index < -0.39 is 21.7 Å². The molecular formula is C12H16O4S2. The third kappa shape index (κ3) is 5.55. The van der Waals surface area contributed by atoms with Gasteiger partial charge in [-0.15, -0.1) is 0 Å². The molecule has 1 unspecified atom stereocenters. The van der Waals surface area contributed by atoms with Gasteiger partial charge in [0.15, 0.2) is 0 Å². The Hall–Kier alpha value is -1.01. The lowest BCUT2D eigenvalue weighted by Gasteiger charge is -2.12. The molecule has 1 aromatic rings. The van der Waals surface area contributed by atoms with Crippen LogP contribution in [0.5, 0.6) is 0 Å². The number of thioether (sulfide) groups is 1. The second-order valence-electron chi connectivity index (χ2n) is 4.01. The van der Waals surface area contributed by atoms with Gasteiger partial charge >= 0.3 is 5.97 Å². The van der Waals surface area contributed by atoms with Crippen molar-refractivity contribution in [3.8, 4) is 0 Å². The summed E-state index contributed by atoms with van der Waals surface area (Å²) in [6.45, 7) is 0. The minimum Gasteiger partial charge on any atom is -0.481 e. The van der Waals surface area contributed by atoms with Gasteiger partial charge < -0.3 is 5.11 Å². The van der Waals surface area contributed by atoms with Gasteiger partial charge in [0.1, 0.15) is 9.84 Å². The molecule has 0 saturated heterocycles. The summed E-state index contributed by atoms with van der Waals surface area (Å²) in [6, 6.07) is 8.98. The fourth-order valence-corrected chi connectivity index (χ4v) is 3.83. The molecule has 18 heavy (non-hydrogen) atoms. The van der Waals surface area contributed by atoms with E-state index >= 15 is 0 Å². The highest BCUT2D eigenvalue weighted by atomic mass is 32.2. The predicted molar refractivity (Wildman–Crippen MR) is 73.9 cm³/mol. The van der Waals surface area contributed by atoms with E-state index in [1.165, 1.54) is 18.0 Å². The van der Waals surface area contributed by atoms with Crippen molar-refractivity contribution in [3.05, 3.63) is 35.9 Å². The number of carboxylic acids is 1. The lowest BCUT2D eigenvalue weighted by Crippen LogP contribution is -2.15. The van der Waals surface area contributed by atoms with E-state index in [0.29, 0.717) is 11.5 Å². The minimum atomic E-state index is -2.98. The van der Waals surface area contributed by atoms with Crippen molar-refractivity contribution < 1.29 is 18.3 Å². The molecule has 4 nitrogen and oxygen atoms in total. The third-order valence-corrected chi connectivity index (χ3v) is 4.65. The average Bonchev–Trinajstić information content (AvgIpc) is 2.28. The summed E-state index contributed by atoms with van der Waals surface area (Å²) in [5, 5.41) is 9.15. The molecule has 0 bridgehead atoms. The first-order chi connectivity index (χ1) is 8.40. The van der Waals surface area contributed by atoms with E-state index in [-0.39, 0.29) is 5.75 Å². The molecule has 1 rings (SSSR count). The maximum Gasteiger partial charge on any atom is 0.311 e. The zero-order chi connectivity index (χ0) is 13.6. The largest absolute Gasteiger partial charge is 0.481 e. The van der Waals surface area contributed by atoms with Gasteiger partial charge in [0.25, 0.3) is 0 Å². The molecule has 1 aromatic carbocycles. The Morgan fingerprint density at radius 3 is 2.44 bits per heavy atom. The summed E-state index contributed by atoms with van der Waals surface area (Å²) >= 11 is 1.35. The van der Waals surface area contributed by atoms with Crippen LogP contribution in [0.4, 0.5) is 0 Å². The highest BCUT2D eigenvalue weighted by Crippen LogP contribution is 2.21. The molecule has 0 aliphatic heterocycles. The van der Waals surface area contributed by atoms with Crippen molar-refractivity contribution in [2.75, 3.05) is 23.5 Å². The van der Waals surface area contributed by atoms with Crippen LogP contribution in [0.15, 0.2) is 30.3 Å². The molecule has 0 amide bonds. The Bertz CT molecular complexity index is 482. The number of aliphatic carboxylic acids is 1. The van der Waals surface area contributed by atoms with Gasteiger partial charge in [0.2, 0.25) is 0 Å². The molecule has 6 heteroatoms. The number of carbonyl (C=O) groups is 1. The van der Waals surface area contributed by atoms with Gasteiger partial charge in [0, 0.05) is 17.8 Å². The van der Waals surface area contributed by atoms with Crippen LogP contribution in [0, 0.1) is 0 Å². The Labute approximate surface area is 111 Å². The van der Waals surface area contributed by atoms with Gasteiger partial charge in [-0.25, -0.2) is 8.42 Å². The summed E-state index contributed by atoms with van der Waals surface area (Å²) in [5.74, 6) is -0.577. The van der Waals surface area contributed by atoms with E-state index in [9.17, 15) is 13.2 Å².